The Morgan fingerprint density at radius 3 is 2.77 bits per heavy atom. The van der Waals surface area contributed by atoms with E-state index in [1.165, 1.54) is 12.1 Å². The van der Waals surface area contributed by atoms with Crippen LogP contribution in [-0.2, 0) is 10.9 Å². The number of benzene rings is 1. The van der Waals surface area contributed by atoms with Crippen LogP contribution in [0.25, 0.3) is 0 Å². The molecule has 22 heavy (non-hydrogen) atoms. The molecule has 0 aromatic heterocycles. The summed E-state index contributed by atoms with van der Waals surface area (Å²) in [4.78, 5) is 2.21. The van der Waals surface area contributed by atoms with Crippen molar-refractivity contribution in [1.29, 1.82) is 0 Å². The van der Waals surface area contributed by atoms with Crippen molar-refractivity contribution >= 4 is 0 Å². The van der Waals surface area contributed by atoms with Crippen LogP contribution in [0.4, 0.5) is 13.2 Å². The fourth-order valence-electron chi connectivity index (χ4n) is 2.65. The summed E-state index contributed by atoms with van der Waals surface area (Å²) >= 11 is 0. The number of ether oxygens (including phenoxy) is 1. The minimum absolute atomic E-state index is 0.204. The molecule has 1 aliphatic heterocycles. The van der Waals surface area contributed by atoms with Gasteiger partial charge in [-0.15, -0.1) is 0 Å². The van der Waals surface area contributed by atoms with Gasteiger partial charge in [0.15, 0.2) is 0 Å². The molecule has 124 valence electrons. The van der Waals surface area contributed by atoms with Gasteiger partial charge < -0.3 is 9.84 Å². The molecule has 3 nitrogen and oxygen atoms in total. The van der Waals surface area contributed by atoms with E-state index in [0.29, 0.717) is 18.7 Å². The fourth-order valence-corrected chi connectivity index (χ4v) is 2.65. The predicted octanol–water partition coefficient (Wildman–Crippen LogP) is 3.24. The summed E-state index contributed by atoms with van der Waals surface area (Å²) in [7, 11) is 0. The minimum atomic E-state index is -4.32. The van der Waals surface area contributed by atoms with Crippen molar-refractivity contribution < 1.29 is 23.0 Å². The van der Waals surface area contributed by atoms with Crippen molar-refractivity contribution in [3.05, 3.63) is 35.4 Å². The molecule has 0 amide bonds. The Bertz CT molecular complexity index is 465. The summed E-state index contributed by atoms with van der Waals surface area (Å²) in [6.45, 7) is 3.03. The molecule has 0 aliphatic carbocycles. The van der Waals surface area contributed by atoms with Gasteiger partial charge in [-0.05, 0) is 43.5 Å². The van der Waals surface area contributed by atoms with E-state index < -0.39 is 11.7 Å². The molecule has 1 saturated heterocycles. The Kier molecular flexibility index (Phi) is 6.23. The molecule has 1 fully saturated rings. The molecule has 1 aliphatic rings. The lowest BCUT2D eigenvalue weighted by Gasteiger charge is -2.33. The molecule has 1 aromatic carbocycles. The molecular weight excluding hydrogens is 295 g/mol. The summed E-state index contributed by atoms with van der Waals surface area (Å²) in [6.07, 6.45) is -1.90. The van der Waals surface area contributed by atoms with E-state index in [1.54, 1.807) is 6.07 Å². The summed E-state index contributed by atoms with van der Waals surface area (Å²) in [5, 5.41) is 8.76. The van der Waals surface area contributed by atoms with E-state index in [0.717, 1.165) is 38.4 Å². The van der Waals surface area contributed by atoms with Crippen LogP contribution in [0.15, 0.2) is 24.3 Å². The van der Waals surface area contributed by atoms with Crippen LogP contribution in [0.5, 0.6) is 0 Å². The van der Waals surface area contributed by atoms with Crippen LogP contribution in [0, 0.1) is 0 Å². The van der Waals surface area contributed by atoms with E-state index >= 15 is 0 Å². The molecule has 0 saturated carbocycles. The third kappa shape index (κ3) is 4.97. The van der Waals surface area contributed by atoms with E-state index in [1.807, 2.05) is 0 Å². The van der Waals surface area contributed by atoms with Crippen molar-refractivity contribution in [3.8, 4) is 0 Å². The smallest absolute Gasteiger partial charge is 0.396 e. The number of aliphatic hydroxyl groups excluding tert-OH is 1. The number of nitrogens with zero attached hydrogens (tertiary/aromatic N) is 1. The standard InChI is InChI=1S/C16H22F3NO2/c17-16(18,19)14-6-4-5-13(11-14)15-12-20(8-10-22-15)7-2-1-3-9-21/h4-6,11,15,21H,1-3,7-10,12H2. The van der Waals surface area contributed by atoms with Gasteiger partial charge in [-0.1, -0.05) is 12.1 Å². The molecule has 0 bridgehead atoms. The Balaban J connectivity index is 1.94. The van der Waals surface area contributed by atoms with Crippen LogP contribution in [-0.4, -0.2) is 42.9 Å². The summed E-state index contributed by atoms with van der Waals surface area (Å²) in [5.41, 5.74) is -0.0523. The number of aliphatic hydroxyl groups is 1. The molecule has 1 heterocycles. The van der Waals surface area contributed by atoms with Gasteiger partial charge in [0, 0.05) is 19.7 Å². The van der Waals surface area contributed by atoms with Crippen LogP contribution in [0.3, 0.4) is 0 Å². The molecule has 1 N–H and O–H groups in total. The molecule has 6 heteroatoms. The second-order valence-corrected chi connectivity index (χ2v) is 5.57. The Labute approximate surface area is 128 Å². The maximum absolute atomic E-state index is 12.8. The average molecular weight is 317 g/mol. The Morgan fingerprint density at radius 2 is 2.05 bits per heavy atom. The highest BCUT2D eigenvalue weighted by atomic mass is 19.4. The fraction of sp³-hybridized carbons (Fsp3) is 0.625. The number of morpholine rings is 1. The summed E-state index contributed by atoms with van der Waals surface area (Å²) < 4.78 is 44.0. The van der Waals surface area contributed by atoms with E-state index in [-0.39, 0.29) is 12.7 Å². The highest BCUT2D eigenvalue weighted by Gasteiger charge is 2.31. The lowest BCUT2D eigenvalue weighted by molar-refractivity contribution is -0.137. The van der Waals surface area contributed by atoms with Crippen LogP contribution in [0.2, 0.25) is 0 Å². The second-order valence-electron chi connectivity index (χ2n) is 5.57. The number of hydrogen-bond donors (Lipinski definition) is 1. The van der Waals surface area contributed by atoms with Gasteiger partial charge in [-0.25, -0.2) is 0 Å². The highest BCUT2D eigenvalue weighted by molar-refractivity contribution is 5.27. The monoisotopic (exact) mass is 317 g/mol. The number of hydrogen-bond acceptors (Lipinski definition) is 3. The average Bonchev–Trinajstić information content (AvgIpc) is 2.51. The van der Waals surface area contributed by atoms with Gasteiger partial charge in [0.1, 0.15) is 0 Å². The topological polar surface area (TPSA) is 32.7 Å². The van der Waals surface area contributed by atoms with Crippen molar-refractivity contribution in [2.75, 3.05) is 32.8 Å². The first-order valence-corrected chi connectivity index (χ1v) is 7.62. The zero-order chi connectivity index (χ0) is 16.0. The van der Waals surface area contributed by atoms with Crippen molar-refractivity contribution in [1.82, 2.24) is 4.90 Å². The maximum atomic E-state index is 12.8. The minimum Gasteiger partial charge on any atom is -0.396 e. The zero-order valence-electron chi connectivity index (χ0n) is 12.5. The molecule has 2 rings (SSSR count). The molecule has 0 radical (unpaired) electrons. The highest BCUT2D eigenvalue weighted by Crippen LogP contribution is 2.32. The summed E-state index contributed by atoms with van der Waals surface area (Å²) in [5.74, 6) is 0. The van der Waals surface area contributed by atoms with Crippen LogP contribution < -0.4 is 0 Å². The molecule has 1 aromatic rings. The van der Waals surface area contributed by atoms with Crippen molar-refractivity contribution in [2.24, 2.45) is 0 Å². The third-order valence-corrected chi connectivity index (χ3v) is 3.87. The van der Waals surface area contributed by atoms with Crippen LogP contribution in [0.1, 0.15) is 36.5 Å². The van der Waals surface area contributed by atoms with Gasteiger partial charge in [-0.2, -0.15) is 13.2 Å². The normalized spacial score (nSPS) is 20.3. The SMILES string of the molecule is OCCCCCN1CCOC(c2cccc(C(F)(F)F)c2)C1. The van der Waals surface area contributed by atoms with Gasteiger partial charge in [0.25, 0.3) is 0 Å². The number of alkyl halides is 3. The second kappa shape index (κ2) is 7.94. The lowest BCUT2D eigenvalue weighted by atomic mass is 10.0. The number of rotatable bonds is 6. The Morgan fingerprint density at radius 1 is 1.23 bits per heavy atom. The zero-order valence-corrected chi connectivity index (χ0v) is 12.5. The number of halogens is 3. The molecule has 1 atom stereocenters. The van der Waals surface area contributed by atoms with Crippen LogP contribution >= 0.6 is 0 Å². The van der Waals surface area contributed by atoms with Gasteiger partial charge >= 0.3 is 6.18 Å². The quantitative estimate of drug-likeness (QED) is 0.818. The largest absolute Gasteiger partial charge is 0.416 e. The molecular formula is C16H22F3NO2. The van der Waals surface area contributed by atoms with E-state index in [9.17, 15) is 13.2 Å². The molecule has 0 spiro atoms. The first-order chi connectivity index (χ1) is 10.5. The lowest BCUT2D eigenvalue weighted by Crippen LogP contribution is -2.38. The predicted molar refractivity (Wildman–Crippen MR) is 77.5 cm³/mol. The van der Waals surface area contributed by atoms with E-state index in [4.69, 9.17) is 9.84 Å². The number of unbranched alkanes of at least 4 members (excludes halogenated alkanes) is 2. The first kappa shape index (κ1) is 17.2. The Hall–Kier alpha value is -1.11. The summed E-state index contributed by atoms with van der Waals surface area (Å²) in [6, 6.07) is 5.38. The van der Waals surface area contributed by atoms with Crippen molar-refractivity contribution in [3.63, 3.8) is 0 Å². The molecule has 1 unspecified atom stereocenters. The van der Waals surface area contributed by atoms with Gasteiger partial charge in [0.2, 0.25) is 0 Å². The third-order valence-electron chi connectivity index (χ3n) is 3.87. The first-order valence-electron chi connectivity index (χ1n) is 7.62. The van der Waals surface area contributed by atoms with Gasteiger partial charge in [-0.3, -0.25) is 4.90 Å². The van der Waals surface area contributed by atoms with Crippen molar-refractivity contribution in [2.45, 2.75) is 31.5 Å². The van der Waals surface area contributed by atoms with E-state index in [2.05, 4.69) is 4.90 Å². The van der Waals surface area contributed by atoms with Gasteiger partial charge in [0.05, 0.1) is 18.3 Å². The maximum Gasteiger partial charge on any atom is 0.416 e.